The van der Waals surface area contributed by atoms with Crippen molar-refractivity contribution in [2.24, 2.45) is 0 Å². The number of pyridine rings is 1. The van der Waals surface area contributed by atoms with Gasteiger partial charge in [0.1, 0.15) is 5.75 Å². The highest BCUT2D eigenvalue weighted by molar-refractivity contribution is 5.81. The highest BCUT2D eigenvalue weighted by Crippen LogP contribution is 2.14. The Morgan fingerprint density at radius 1 is 1.63 bits per heavy atom. The van der Waals surface area contributed by atoms with Crippen LogP contribution in [-0.2, 0) is 4.79 Å². The van der Waals surface area contributed by atoms with E-state index < -0.39 is 6.10 Å². The van der Waals surface area contributed by atoms with Gasteiger partial charge in [-0.2, -0.15) is 0 Å². The third kappa shape index (κ3) is 3.67. The van der Waals surface area contributed by atoms with Crippen LogP contribution in [-0.4, -0.2) is 48.1 Å². The summed E-state index contributed by atoms with van der Waals surface area (Å²) in [6, 6.07) is 4.00. The standard InChI is InChI=1S/C14H21N3O2/c1-11(19-13-6-3-7-16-9-13)14(18)17-8-4-5-12(10-17)15-2/h3,6-7,9,11-12,15H,4-5,8,10H2,1-2H3. The second-order valence-corrected chi connectivity index (χ2v) is 4.86. The summed E-state index contributed by atoms with van der Waals surface area (Å²) in [4.78, 5) is 18.2. The molecule has 1 aromatic rings. The molecule has 1 aromatic heterocycles. The van der Waals surface area contributed by atoms with E-state index in [9.17, 15) is 4.79 Å². The van der Waals surface area contributed by atoms with Crippen molar-refractivity contribution in [1.82, 2.24) is 15.2 Å². The van der Waals surface area contributed by atoms with Crippen molar-refractivity contribution in [2.45, 2.75) is 31.9 Å². The van der Waals surface area contributed by atoms with Gasteiger partial charge in [-0.05, 0) is 38.9 Å². The molecule has 0 aromatic carbocycles. The minimum atomic E-state index is -0.472. The Balaban J connectivity index is 1.91. The molecule has 0 spiro atoms. The van der Waals surface area contributed by atoms with Gasteiger partial charge >= 0.3 is 0 Å². The number of nitrogens with zero attached hydrogens (tertiary/aromatic N) is 2. The number of likely N-dealkylation sites (tertiary alicyclic amines) is 1. The number of rotatable bonds is 4. The second kappa shape index (κ2) is 6.52. The summed E-state index contributed by atoms with van der Waals surface area (Å²) in [6.45, 7) is 3.37. The van der Waals surface area contributed by atoms with Gasteiger partial charge in [-0.15, -0.1) is 0 Å². The van der Waals surface area contributed by atoms with Gasteiger partial charge in [0.25, 0.3) is 5.91 Å². The normalized spacial score (nSPS) is 20.9. The third-order valence-electron chi connectivity index (χ3n) is 3.44. The molecule has 104 valence electrons. The van der Waals surface area contributed by atoms with Crippen molar-refractivity contribution in [1.29, 1.82) is 0 Å². The molecule has 1 fully saturated rings. The number of ether oxygens (including phenoxy) is 1. The molecule has 1 amide bonds. The lowest BCUT2D eigenvalue weighted by Gasteiger charge is -2.34. The number of aromatic nitrogens is 1. The number of hydrogen-bond donors (Lipinski definition) is 1. The molecule has 2 rings (SSSR count). The van der Waals surface area contributed by atoms with Crippen LogP contribution in [0.3, 0.4) is 0 Å². The zero-order valence-corrected chi connectivity index (χ0v) is 11.5. The van der Waals surface area contributed by atoms with Crippen LogP contribution < -0.4 is 10.1 Å². The molecule has 5 nitrogen and oxygen atoms in total. The smallest absolute Gasteiger partial charge is 0.263 e. The van der Waals surface area contributed by atoms with Crippen LogP contribution in [0.5, 0.6) is 5.75 Å². The minimum absolute atomic E-state index is 0.0452. The average Bonchev–Trinajstić information content (AvgIpc) is 2.47. The predicted molar refractivity (Wildman–Crippen MR) is 73.0 cm³/mol. The van der Waals surface area contributed by atoms with Crippen LogP contribution in [0.25, 0.3) is 0 Å². The topological polar surface area (TPSA) is 54.5 Å². The maximum atomic E-state index is 12.3. The molecule has 1 aliphatic heterocycles. The molecular weight excluding hydrogens is 242 g/mol. The lowest BCUT2D eigenvalue weighted by molar-refractivity contribution is -0.139. The molecule has 0 bridgehead atoms. The summed E-state index contributed by atoms with van der Waals surface area (Å²) in [5.41, 5.74) is 0. The summed E-state index contributed by atoms with van der Waals surface area (Å²) in [7, 11) is 1.94. The number of piperidine rings is 1. The second-order valence-electron chi connectivity index (χ2n) is 4.86. The fraction of sp³-hybridized carbons (Fsp3) is 0.571. The van der Waals surface area contributed by atoms with Crippen molar-refractivity contribution < 1.29 is 9.53 Å². The van der Waals surface area contributed by atoms with E-state index in [0.29, 0.717) is 11.8 Å². The summed E-state index contributed by atoms with van der Waals surface area (Å²) in [6.07, 6.45) is 4.99. The van der Waals surface area contributed by atoms with Crippen LogP contribution in [0, 0.1) is 0 Å². The van der Waals surface area contributed by atoms with Gasteiger partial charge in [-0.3, -0.25) is 9.78 Å². The molecule has 5 heteroatoms. The summed E-state index contributed by atoms with van der Waals surface area (Å²) < 4.78 is 5.62. The molecule has 1 N–H and O–H groups in total. The molecule has 2 heterocycles. The first kappa shape index (κ1) is 13.8. The monoisotopic (exact) mass is 263 g/mol. The zero-order valence-electron chi connectivity index (χ0n) is 11.5. The maximum Gasteiger partial charge on any atom is 0.263 e. The van der Waals surface area contributed by atoms with Crippen LogP contribution in [0.2, 0.25) is 0 Å². The minimum Gasteiger partial charge on any atom is -0.479 e. The highest BCUT2D eigenvalue weighted by atomic mass is 16.5. The Morgan fingerprint density at radius 2 is 2.47 bits per heavy atom. The van der Waals surface area contributed by atoms with Gasteiger partial charge in [-0.1, -0.05) is 0 Å². The van der Waals surface area contributed by atoms with Gasteiger partial charge in [-0.25, -0.2) is 0 Å². The van der Waals surface area contributed by atoms with Crippen molar-refractivity contribution in [2.75, 3.05) is 20.1 Å². The molecule has 0 radical (unpaired) electrons. The first-order chi connectivity index (χ1) is 9.20. The summed E-state index contributed by atoms with van der Waals surface area (Å²) in [5.74, 6) is 0.675. The Bertz CT molecular complexity index is 410. The van der Waals surface area contributed by atoms with E-state index in [0.717, 1.165) is 25.9 Å². The quantitative estimate of drug-likeness (QED) is 0.882. The zero-order chi connectivity index (χ0) is 13.7. The molecule has 0 aliphatic carbocycles. The van der Waals surface area contributed by atoms with Crippen molar-refractivity contribution in [3.05, 3.63) is 24.5 Å². The van der Waals surface area contributed by atoms with Crippen LogP contribution in [0.1, 0.15) is 19.8 Å². The summed E-state index contributed by atoms with van der Waals surface area (Å²) in [5, 5.41) is 3.23. The van der Waals surface area contributed by atoms with Gasteiger partial charge in [0.05, 0.1) is 6.20 Å². The Labute approximate surface area is 114 Å². The number of amides is 1. The average molecular weight is 263 g/mol. The Kier molecular flexibility index (Phi) is 4.74. The SMILES string of the molecule is CNC1CCCN(C(=O)C(C)Oc2cccnc2)C1. The summed E-state index contributed by atoms with van der Waals surface area (Å²) >= 11 is 0. The number of nitrogens with one attached hydrogen (secondary N) is 1. The highest BCUT2D eigenvalue weighted by Gasteiger charge is 2.27. The van der Waals surface area contributed by atoms with Gasteiger partial charge in [0.2, 0.25) is 0 Å². The molecule has 1 saturated heterocycles. The largest absolute Gasteiger partial charge is 0.479 e. The predicted octanol–water partition coefficient (Wildman–Crippen LogP) is 1.06. The van der Waals surface area contributed by atoms with Gasteiger partial charge in [0, 0.05) is 25.3 Å². The van der Waals surface area contributed by atoms with E-state index in [1.165, 1.54) is 0 Å². The van der Waals surface area contributed by atoms with Crippen LogP contribution in [0.4, 0.5) is 0 Å². The molecule has 0 saturated carbocycles. The van der Waals surface area contributed by atoms with E-state index in [1.54, 1.807) is 25.4 Å². The van der Waals surface area contributed by atoms with E-state index in [2.05, 4.69) is 10.3 Å². The fourth-order valence-corrected chi connectivity index (χ4v) is 2.34. The van der Waals surface area contributed by atoms with Crippen LogP contribution >= 0.6 is 0 Å². The van der Waals surface area contributed by atoms with Gasteiger partial charge in [0.15, 0.2) is 6.10 Å². The molecule has 1 aliphatic rings. The Morgan fingerprint density at radius 3 is 3.16 bits per heavy atom. The van der Waals surface area contributed by atoms with E-state index in [1.807, 2.05) is 18.0 Å². The first-order valence-corrected chi connectivity index (χ1v) is 6.73. The molecule has 19 heavy (non-hydrogen) atoms. The van der Waals surface area contributed by atoms with Crippen molar-refractivity contribution in [3.8, 4) is 5.75 Å². The van der Waals surface area contributed by atoms with Crippen LogP contribution in [0.15, 0.2) is 24.5 Å². The maximum absolute atomic E-state index is 12.3. The molecule has 2 unspecified atom stereocenters. The molecular formula is C14H21N3O2. The van der Waals surface area contributed by atoms with Gasteiger partial charge < -0.3 is 15.0 Å². The number of carbonyl (C=O) groups is 1. The lowest BCUT2D eigenvalue weighted by atomic mass is 10.1. The van der Waals surface area contributed by atoms with E-state index in [4.69, 9.17) is 4.74 Å². The van der Waals surface area contributed by atoms with Crippen molar-refractivity contribution >= 4 is 5.91 Å². The first-order valence-electron chi connectivity index (χ1n) is 6.73. The fourth-order valence-electron chi connectivity index (χ4n) is 2.34. The molecule has 2 atom stereocenters. The number of likely N-dealkylation sites (N-methyl/N-ethyl adjacent to an activating group) is 1. The third-order valence-corrected chi connectivity index (χ3v) is 3.44. The Hall–Kier alpha value is -1.62. The van der Waals surface area contributed by atoms with E-state index in [-0.39, 0.29) is 5.91 Å². The van der Waals surface area contributed by atoms with E-state index >= 15 is 0 Å². The number of carbonyl (C=O) groups excluding carboxylic acids is 1. The number of hydrogen-bond acceptors (Lipinski definition) is 4. The lowest BCUT2D eigenvalue weighted by Crippen LogP contribution is -2.50. The van der Waals surface area contributed by atoms with Crippen molar-refractivity contribution in [3.63, 3.8) is 0 Å².